The number of carbonyl (C=O) groups is 1. The standard InChI is InChI=1S/C11H16N2O2/c1-4-7(2)12-10-6-9(11(14)15)5-8(3)13-10/h4-5,10,12H,6H2,1-3H3,(H,14,15)/b7-4+. The molecule has 15 heavy (non-hydrogen) atoms. The molecular formula is C11H16N2O2. The van der Waals surface area contributed by atoms with Gasteiger partial charge in [0.25, 0.3) is 0 Å². The molecule has 1 heterocycles. The zero-order valence-electron chi connectivity index (χ0n) is 9.24. The van der Waals surface area contributed by atoms with Crippen molar-refractivity contribution in [2.75, 3.05) is 0 Å². The number of aliphatic carboxylic acids is 1. The second-order valence-corrected chi connectivity index (χ2v) is 3.58. The van der Waals surface area contributed by atoms with Gasteiger partial charge in [0.15, 0.2) is 0 Å². The van der Waals surface area contributed by atoms with E-state index in [9.17, 15) is 4.79 Å². The Bertz CT molecular complexity index is 354. The van der Waals surface area contributed by atoms with Crippen LogP contribution in [0.3, 0.4) is 0 Å². The molecule has 4 heteroatoms. The van der Waals surface area contributed by atoms with Gasteiger partial charge in [0.1, 0.15) is 6.17 Å². The molecule has 1 rings (SSSR count). The Morgan fingerprint density at radius 2 is 2.40 bits per heavy atom. The second kappa shape index (κ2) is 4.77. The minimum atomic E-state index is -0.866. The van der Waals surface area contributed by atoms with Crippen molar-refractivity contribution >= 4 is 11.7 Å². The van der Waals surface area contributed by atoms with E-state index in [1.807, 2.05) is 26.8 Å². The van der Waals surface area contributed by atoms with Crippen LogP contribution in [0.2, 0.25) is 0 Å². The van der Waals surface area contributed by atoms with Gasteiger partial charge in [0.05, 0.1) is 0 Å². The van der Waals surface area contributed by atoms with Gasteiger partial charge in [-0.05, 0) is 26.8 Å². The lowest BCUT2D eigenvalue weighted by atomic mass is 10.1. The first kappa shape index (κ1) is 11.5. The van der Waals surface area contributed by atoms with Gasteiger partial charge in [0, 0.05) is 23.4 Å². The van der Waals surface area contributed by atoms with Gasteiger partial charge < -0.3 is 10.4 Å². The number of nitrogens with zero attached hydrogens (tertiary/aromatic N) is 1. The lowest BCUT2D eigenvalue weighted by Crippen LogP contribution is -2.30. The van der Waals surface area contributed by atoms with E-state index in [1.165, 1.54) is 0 Å². The van der Waals surface area contributed by atoms with Crippen molar-refractivity contribution in [1.82, 2.24) is 5.32 Å². The maximum Gasteiger partial charge on any atom is 0.331 e. The molecule has 0 saturated carbocycles. The number of hydrogen-bond donors (Lipinski definition) is 2. The Morgan fingerprint density at radius 3 is 2.93 bits per heavy atom. The van der Waals surface area contributed by atoms with Crippen LogP contribution >= 0.6 is 0 Å². The molecular weight excluding hydrogens is 192 g/mol. The molecule has 1 aliphatic heterocycles. The summed E-state index contributed by atoms with van der Waals surface area (Å²) in [5, 5.41) is 12.1. The summed E-state index contributed by atoms with van der Waals surface area (Å²) >= 11 is 0. The van der Waals surface area contributed by atoms with E-state index >= 15 is 0 Å². The van der Waals surface area contributed by atoms with E-state index in [1.54, 1.807) is 6.08 Å². The minimum Gasteiger partial charge on any atom is -0.478 e. The number of carboxylic acids is 1. The van der Waals surface area contributed by atoms with Gasteiger partial charge in [-0.2, -0.15) is 0 Å². The minimum absolute atomic E-state index is 0.155. The van der Waals surface area contributed by atoms with Crippen molar-refractivity contribution in [3.05, 3.63) is 23.4 Å². The normalized spacial score (nSPS) is 21.8. The van der Waals surface area contributed by atoms with Gasteiger partial charge in [-0.15, -0.1) is 0 Å². The highest BCUT2D eigenvalue weighted by Crippen LogP contribution is 2.14. The first-order valence-corrected chi connectivity index (χ1v) is 4.90. The lowest BCUT2D eigenvalue weighted by Gasteiger charge is -2.20. The highest BCUT2D eigenvalue weighted by atomic mass is 16.4. The Labute approximate surface area is 89.4 Å². The third kappa shape index (κ3) is 3.23. The van der Waals surface area contributed by atoms with Crippen LogP contribution in [-0.2, 0) is 4.79 Å². The SMILES string of the molecule is C/C=C(\C)NC1CC(C(=O)O)=CC(C)=N1. The first-order chi connectivity index (χ1) is 7.02. The molecule has 82 valence electrons. The summed E-state index contributed by atoms with van der Waals surface area (Å²) in [7, 11) is 0. The fourth-order valence-electron chi connectivity index (χ4n) is 1.43. The molecule has 0 spiro atoms. The van der Waals surface area contributed by atoms with Crippen molar-refractivity contribution < 1.29 is 9.90 Å². The Balaban J connectivity index is 2.74. The van der Waals surface area contributed by atoms with E-state index in [4.69, 9.17) is 5.11 Å². The van der Waals surface area contributed by atoms with Crippen LogP contribution < -0.4 is 5.32 Å². The number of allylic oxidation sites excluding steroid dienone is 3. The van der Waals surface area contributed by atoms with E-state index in [0.29, 0.717) is 12.0 Å². The van der Waals surface area contributed by atoms with Gasteiger partial charge in [-0.1, -0.05) is 6.08 Å². The van der Waals surface area contributed by atoms with E-state index < -0.39 is 5.97 Å². The van der Waals surface area contributed by atoms with E-state index in [2.05, 4.69) is 10.3 Å². The molecule has 0 aliphatic carbocycles. The molecule has 0 amide bonds. The largest absolute Gasteiger partial charge is 0.478 e. The van der Waals surface area contributed by atoms with Crippen molar-refractivity contribution in [2.45, 2.75) is 33.4 Å². The number of aliphatic imine (C=N–C) groups is 1. The maximum absolute atomic E-state index is 10.8. The molecule has 0 aromatic heterocycles. The predicted molar refractivity (Wildman–Crippen MR) is 59.8 cm³/mol. The van der Waals surface area contributed by atoms with Gasteiger partial charge >= 0.3 is 5.97 Å². The molecule has 1 aliphatic rings. The van der Waals surface area contributed by atoms with Crippen LogP contribution in [0.5, 0.6) is 0 Å². The fraction of sp³-hybridized carbons (Fsp3) is 0.455. The molecule has 0 aromatic carbocycles. The molecule has 0 bridgehead atoms. The predicted octanol–water partition coefficient (Wildman–Crippen LogP) is 1.70. The number of dihydropyridines is 1. The van der Waals surface area contributed by atoms with Gasteiger partial charge in [0.2, 0.25) is 0 Å². The van der Waals surface area contributed by atoms with E-state index in [-0.39, 0.29) is 6.17 Å². The third-order valence-electron chi connectivity index (χ3n) is 2.26. The molecule has 2 N–H and O–H groups in total. The van der Waals surface area contributed by atoms with Gasteiger partial charge in [-0.25, -0.2) is 4.79 Å². The number of hydrogen-bond acceptors (Lipinski definition) is 3. The van der Waals surface area contributed by atoms with Gasteiger partial charge in [-0.3, -0.25) is 4.99 Å². The quantitative estimate of drug-likeness (QED) is 0.742. The number of rotatable bonds is 3. The summed E-state index contributed by atoms with van der Waals surface area (Å²) in [6.45, 7) is 5.67. The second-order valence-electron chi connectivity index (χ2n) is 3.58. The Hall–Kier alpha value is -1.58. The average molecular weight is 208 g/mol. The van der Waals surface area contributed by atoms with Crippen molar-refractivity contribution in [1.29, 1.82) is 0 Å². The molecule has 1 unspecified atom stereocenters. The van der Waals surface area contributed by atoms with E-state index in [0.717, 1.165) is 11.4 Å². The highest BCUT2D eigenvalue weighted by Gasteiger charge is 2.18. The average Bonchev–Trinajstić information content (AvgIpc) is 2.16. The maximum atomic E-state index is 10.8. The molecule has 0 fully saturated rings. The van der Waals surface area contributed by atoms with Crippen LogP contribution in [0, 0.1) is 0 Å². The molecule has 0 aromatic rings. The molecule has 1 atom stereocenters. The summed E-state index contributed by atoms with van der Waals surface area (Å²) in [4.78, 5) is 15.2. The third-order valence-corrected chi connectivity index (χ3v) is 2.26. The summed E-state index contributed by atoms with van der Waals surface area (Å²) in [5.41, 5.74) is 2.16. The molecule has 0 radical (unpaired) electrons. The monoisotopic (exact) mass is 208 g/mol. The lowest BCUT2D eigenvalue weighted by molar-refractivity contribution is -0.132. The highest BCUT2D eigenvalue weighted by molar-refractivity contribution is 6.01. The molecule has 4 nitrogen and oxygen atoms in total. The number of carboxylic acid groups (broad SMARTS) is 1. The van der Waals surface area contributed by atoms with Crippen LogP contribution in [-0.4, -0.2) is 23.0 Å². The van der Waals surface area contributed by atoms with Crippen LogP contribution in [0.15, 0.2) is 28.4 Å². The zero-order chi connectivity index (χ0) is 11.4. The Kier molecular flexibility index (Phi) is 3.66. The van der Waals surface area contributed by atoms with Crippen molar-refractivity contribution in [3.8, 4) is 0 Å². The summed E-state index contributed by atoms with van der Waals surface area (Å²) in [6, 6.07) is 0. The van der Waals surface area contributed by atoms with Crippen LogP contribution in [0.4, 0.5) is 0 Å². The van der Waals surface area contributed by atoms with Crippen molar-refractivity contribution in [2.24, 2.45) is 4.99 Å². The zero-order valence-corrected chi connectivity index (χ0v) is 9.24. The smallest absolute Gasteiger partial charge is 0.331 e. The molecule has 0 saturated heterocycles. The van der Waals surface area contributed by atoms with Crippen molar-refractivity contribution in [3.63, 3.8) is 0 Å². The summed E-state index contributed by atoms with van der Waals surface area (Å²) < 4.78 is 0. The summed E-state index contributed by atoms with van der Waals surface area (Å²) in [5.74, 6) is -0.866. The van der Waals surface area contributed by atoms with Crippen LogP contribution in [0.1, 0.15) is 27.2 Å². The fourth-order valence-corrected chi connectivity index (χ4v) is 1.43. The number of nitrogens with one attached hydrogen (secondary N) is 1. The Morgan fingerprint density at radius 1 is 1.73 bits per heavy atom. The topological polar surface area (TPSA) is 61.7 Å². The van der Waals surface area contributed by atoms with Crippen LogP contribution in [0.25, 0.3) is 0 Å². The first-order valence-electron chi connectivity index (χ1n) is 4.90. The summed E-state index contributed by atoms with van der Waals surface area (Å²) in [6.07, 6.45) is 3.82.